The molecule has 0 saturated carbocycles. The van der Waals surface area contributed by atoms with Gasteiger partial charge in [-0.1, -0.05) is 37.3 Å². The molecule has 1 aliphatic rings. The van der Waals surface area contributed by atoms with E-state index >= 15 is 0 Å². The van der Waals surface area contributed by atoms with Gasteiger partial charge in [-0.05, 0) is 56.2 Å². The van der Waals surface area contributed by atoms with Crippen LogP contribution in [-0.4, -0.2) is 10.7 Å². The first-order valence-electron chi connectivity index (χ1n) is 8.41. The minimum atomic E-state index is -0.218. The Morgan fingerprint density at radius 1 is 1.17 bits per heavy atom. The zero-order valence-electron chi connectivity index (χ0n) is 14.4. The second-order valence-electron chi connectivity index (χ2n) is 6.81. The van der Waals surface area contributed by atoms with Gasteiger partial charge in [0.1, 0.15) is 11.4 Å². The molecule has 2 N–H and O–H groups in total. The molecule has 3 rings (SSSR count). The molecule has 126 valence electrons. The predicted molar refractivity (Wildman–Crippen MR) is 104 cm³/mol. The van der Waals surface area contributed by atoms with Crippen molar-refractivity contribution in [3.8, 4) is 5.75 Å². The van der Waals surface area contributed by atoms with Crippen molar-refractivity contribution in [1.82, 2.24) is 5.32 Å². The molecule has 0 bridgehead atoms. The fourth-order valence-electron chi connectivity index (χ4n) is 3.08. The van der Waals surface area contributed by atoms with Crippen molar-refractivity contribution < 1.29 is 4.74 Å². The molecule has 0 unspecified atom stereocenters. The largest absolute Gasteiger partial charge is 0.487 e. The van der Waals surface area contributed by atoms with Crippen molar-refractivity contribution in [2.75, 3.05) is 5.32 Å². The van der Waals surface area contributed by atoms with Crippen LogP contribution >= 0.6 is 12.2 Å². The Morgan fingerprint density at radius 3 is 2.58 bits per heavy atom. The lowest BCUT2D eigenvalue weighted by Gasteiger charge is -2.38. The Labute approximate surface area is 149 Å². The number of hydrogen-bond donors (Lipinski definition) is 2. The van der Waals surface area contributed by atoms with Crippen molar-refractivity contribution in [2.45, 2.75) is 45.3 Å². The van der Waals surface area contributed by atoms with Crippen molar-refractivity contribution in [3.63, 3.8) is 0 Å². The molecule has 0 spiro atoms. The van der Waals surface area contributed by atoms with Crippen LogP contribution in [0.1, 0.15) is 44.4 Å². The number of anilines is 1. The number of fused-ring (bicyclic) bond motifs is 1. The Balaban J connectivity index is 1.71. The summed E-state index contributed by atoms with van der Waals surface area (Å²) >= 11 is 5.52. The molecule has 0 amide bonds. The van der Waals surface area contributed by atoms with Gasteiger partial charge >= 0.3 is 0 Å². The zero-order chi connectivity index (χ0) is 17.2. The molecule has 24 heavy (non-hydrogen) atoms. The normalized spacial score (nSPS) is 18.2. The maximum Gasteiger partial charge on any atom is 0.171 e. The number of nitrogens with one attached hydrogen (secondary N) is 2. The standard InChI is InChI=1S/C20H24N2OS/c1-4-14-9-11-15(12-10-14)21-19(24)22-17-13-20(2,3)23-18-8-6-5-7-16(17)18/h5-12,17H,4,13H2,1-3H3,(H2,21,22,24)/t17-/m0/s1. The molecule has 4 heteroatoms. The third-order valence-corrected chi connectivity index (χ3v) is 4.52. The van der Waals surface area contributed by atoms with Gasteiger partial charge in [0.2, 0.25) is 0 Å². The summed E-state index contributed by atoms with van der Waals surface area (Å²) in [5.41, 5.74) is 3.26. The van der Waals surface area contributed by atoms with E-state index in [2.05, 4.69) is 61.7 Å². The molecular formula is C20H24N2OS. The maximum absolute atomic E-state index is 6.07. The SMILES string of the molecule is CCc1ccc(NC(=S)N[C@H]2CC(C)(C)Oc3ccccc32)cc1. The first kappa shape index (κ1) is 16.8. The summed E-state index contributed by atoms with van der Waals surface area (Å²) in [5.74, 6) is 0.932. The topological polar surface area (TPSA) is 33.3 Å². The summed E-state index contributed by atoms with van der Waals surface area (Å²) in [5, 5.41) is 7.36. The van der Waals surface area contributed by atoms with Crippen LogP contribution in [0.15, 0.2) is 48.5 Å². The molecule has 1 aliphatic heterocycles. The molecule has 2 aromatic carbocycles. The average molecular weight is 340 g/mol. The van der Waals surface area contributed by atoms with Crippen LogP contribution in [0.2, 0.25) is 0 Å². The molecule has 0 saturated heterocycles. The minimum Gasteiger partial charge on any atom is -0.487 e. The first-order chi connectivity index (χ1) is 11.5. The molecule has 0 fully saturated rings. The summed E-state index contributed by atoms with van der Waals surface area (Å²) in [6.45, 7) is 6.37. The van der Waals surface area contributed by atoms with Gasteiger partial charge < -0.3 is 15.4 Å². The van der Waals surface area contributed by atoms with Gasteiger partial charge in [-0.3, -0.25) is 0 Å². The van der Waals surface area contributed by atoms with E-state index in [0.29, 0.717) is 5.11 Å². The van der Waals surface area contributed by atoms with Crippen molar-refractivity contribution in [2.24, 2.45) is 0 Å². The zero-order valence-corrected chi connectivity index (χ0v) is 15.2. The summed E-state index contributed by atoms with van der Waals surface area (Å²) in [6.07, 6.45) is 1.90. The van der Waals surface area contributed by atoms with Crippen LogP contribution in [0.25, 0.3) is 0 Å². The van der Waals surface area contributed by atoms with E-state index in [0.717, 1.165) is 29.8 Å². The fourth-order valence-corrected chi connectivity index (χ4v) is 3.34. The number of aryl methyl sites for hydroxylation is 1. The minimum absolute atomic E-state index is 0.139. The van der Waals surface area contributed by atoms with Crippen molar-refractivity contribution in [1.29, 1.82) is 0 Å². The number of benzene rings is 2. The highest BCUT2D eigenvalue weighted by atomic mass is 32.1. The van der Waals surface area contributed by atoms with Crippen LogP contribution in [-0.2, 0) is 6.42 Å². The van der Waals surface area contributed by atoms with Gasteiger partial charge in [0.25, 0.3) is 0 Å². The van der Waals surface area contributed by atoms with Gasteiger partial charge in [-0.25, -0.2) is 0 Å². The maximum atomic E-state index is 6.07. The molecule has 3 nitrogen and oxygen atoms in total. The number of rotatable bonds is 3. The lowest BCUT2D eigenvalue weighted by molar-refractivity contribution is 0.0697. The second kappa shape index (κ2) is 6.81. The van der Waals surface area contributed by atoms with Gasteiger partial charge in [0.05, 0.1) is 6.04 Å². The van der Waals surface area contributed by atoms with E-state index in [1.807, 2.05) is 18.2 Å². The van der Waals surface area contributed by atoms with Crippen molar-refractivity contribution in [3.05, 3.63) is 59.7 Å². The summed E-state index contributed by atoms with van der Waals surface area (Å²) in [6, 6.07) is 16.7. The first-order valence-corrected chi connectivity index (χ1v) is 8.82. The average Bonchev–Trinajstić information content (AvgIpc) is 2.54. The third-order valence-electron chi connectivity index (χ3n) is 4.30. The van der Waals surface area contributed by atoms with Gasteiger partial charge in [0, 0.05) is 17.7 Å². The van der Waals surface area contributed by atoms with Gasteiger partial charge in [0.15, 0.2) is 5.11 Å². The molecule has 1 atom stereocenters. The van der Waals surface area contributed by atoms with E-state index in [1.165, 1.54) is 5.56 Å². The molecule has 1 heterocycles. The molecule has 0 aliphatic carbocycles. The van der Waals surface area contributed by atoms with Crippen LogP contribution in [0, 0.1) is 0 Å². The molecule has 0 radical (unpaired) electrons. The number of thiocarbonyl (C=S) groups is 1. The summed E-state index contributed by atoms with van der Waals surface area (Å²) in [7, 11) is 0. The van der Waals surface area contributed by atoms with Crippen LogP contribution in [0.3, 0.4) is 0 Å². The number of hydrogen-bond acceptors (Lipinski definition) is 2. The fraction of sp³-hybridized carbons (Fsp3) is 0.350. The number of ether oxygens (including phenoxy) is 1. The quantitative estimate of drug-likeness (QED) is 0.784. The summed E-state index contributed by atoms with van der Waals surface area (Å²) in [4.78, 5) is 0. The van der Waals surface area contributed by atoms with Gasteiger partial charge in [-0.15, -0.1) is 0 Å². The third kappa shape index (κ3) is 3.88. The van der Waals surface area contributed by atoms with E-state index in [-0.39, 0.29) is 11.6 Å². The van der Waals surface area contributed by atoms with Crippen LogP contribution < -0.4 is 15.4 Å². The Bertz CT molecular complexity index is 725. The monoisotopic (exact) mass is 340 g/mol. The van der Waals surface area contributed by atoms with Crippen LogP contribution in [0.4, 0.5) is 5.69 Å². The highest BCUT2D eigenvalue weighted by Crippen LogP contribution is 2.39. The highest BCUT2D eigenvalue weighted by Gasteiger charge is 2.33. The summed E-state index contributed by atoms with van der Waals surface area (Å²) < 4.78 is 6.07. The van der Waals surface area contributed by atoms with Crippen LogP contribution in [0.5, 0.6) is 5.75 Å². The molecular weight excluding hydrogens is 316 g/mol. The smallest absolute Gasteiger partial charge is 0.171 e. The predicted octanol–water partition coefficient (Wildman–Crippen LogP) is 4.84. The van der Waals surface area contributed by atoms with Gasteiger partial charge in [-0.2, -0.15) is 0 Å². The van der Waals surface area contributed by atoms with E-state index in [4.69, 9.17) is 17.0 Å². The molecule has 2 aromatic rings. The van der Waals surface area contributed by atoms with E-state index in [1.54, 1.807) is 0 Å². The Hall–Kier alpha value is -2.07. The highest BCUT2D eigenvalue weighted by molar-refractivity contribution is 7.80. The van der Waals surface area contributed by atoms with E-state index < -0.39 is 0 Å². The Kier molecular flexibility index (Phi) is 4.76. The van der Waals surface area contributed by atoms with E-state index in [9.17, 15) is 0 Å². The lowest BCUT2D eigenvalue weighted by atomic mass is 9.90. The number of para-hydroxylation sites is 1. The molecule has 0 aromatic heterocycles. The lowest BCUT2D eigenvalue weighted by Crippen LogP contribution is -2.42. The Morgan fingerprint density at radius 2 is 1.88 bits per heavy atom. The van der Waals surface area contributed by atoms with Crippen molar-refractivity contribution >= 4 is 23.0 Å². The second-order valence-corrected chi connectivity index (χ2v) is 7.21.